The van der Waals surface area contributed by atoms with Crippen LogP contribution in [0.3, 0.4) is 0 Å². The van der Waals surface area contributed by atoms with Crippen LogP contribution in [0.1, 0.15) is 6.92 Å². The molecular weight excluding hydrogens is 128 g/mol. The number of nitriles is 1. The summed E-state index contributed by atoms with van der Waals surface area (Å²) in [6.07, 6.45) is 2.87. The van der Waals surface area contributed by atoms with Crippen LogP contribution in [0.25, 0.3) is 0 Å². The summed E-state index contributed by atoms with van der Waals surface area (Å²) in [5.41, 5.74) is 4.99. The lowest BCUT2D eigenvalue weighted by atomic mass is 10.4. The van der Waals surface area contributed by atoms with Gasteiger partial charge in [-0.25, -0.2) is 0 Å². The molecular formula is C6H10N4. The van der Waals surface area contributed by atoms with Gasteiger partial charge in [-0.2, -0.15) is 5.26 Å². The van der Waals surface area contributed by atoms with E-state index in [0.29, 0.717) is 0 Å². The quantitative estimate of drug-likeness (QED) is 0.377. The van der Waals surface area contributed by atoms with Crippen molar-refractivity contribution in [2.75, 3.05) is 0 Å². The fraction of sp³-hybridized carbons (Fsp3) is 0.333. The molecule has 54 valence electrons. The first kappa shape index (κ1) is 8.50. The van der Waals surface area contributed by atoms with Crippen molar-refractivity contribution in [3.63, 3.8) is 0 Å². The number of nitrogens with zero attached hydrogens (tertiary/aromatic N) is 1. The van der Waals surface area contributed by atoms with Crippen LogP contribution in [0.2, 0.25) is 0 Å². The minimum Gasteiger partial charge on any atom is -0.384 e. The van der Waals surface area contributed by atoms with Gasteiger partial charge in [-0.15, -0.1) is 0 Å². The summed E-state index contributed by atoms with van der Waals surface area (Å²) in [4.78, 5) is 0. The molecule has 0 rings (SSSR count). The number of nitrogens with one attached hydrogen (secondary N) is 2. The molecule has 0 bridgehead atoms. The minimum atomic E-state index is -0.240. The van der Waals surface area contributed by atoms with E-state index in [9.17, 15) is 0 Å². The highest BCUT2D eigenvalue weighted by Crippen LogP contribution is 1.75. The van der Waals surface area contributed by atoms with Crippen molar-refractivity contribution in [3.8, 4) is 6.07 Å². The molecule has 4 heteroatoms. The molecule has 0 amide bonds. The second-order valence-corrected chi connectivity index (χ2v) is 1.81. The topological polar surface area (TPSA) is 85.7 Å². The van der Waals surface area contributed by atoms with Crippen molar-refractivity contribution in [1.82, 2.24) is 5.32 Å². The zero-order valence-corrected chi connectivity index (χ0v) is 5.76. The van der Waals surface area contributed by atoms with Gasteiger partial charge in [0.1, 0.15) is 11.9 Å². The third kappa shape index (κ3) is 4.65. The van der Waals surface area contributed by atoms with Crippen LogP contribution in [-0.2, 0) is 0 Å². The van der Waals surface area contributed by atoms with Gasteiger partial charge in [0.05, 0.1) is 6.07 Å². The molecule has 0 aromatic heterocycles. The molecule has 0 aromatic rings. The molecule has 0 unspecified atom stereocenters. The maximum Gasteiger partial charge on any atom is 0.116 e. The van der Waals surface area contributed by atoms with E-state index in [1.54, 1.807) is 6.92 Å². The van der Waals surface area contributed by atoms with Crippen molar-refractivity contribution in [3.05, 3.63) is 12.3 Å². The van der Waals surface area contributed by atoms with Gasteiger partial charge in [0.2, 0.25) is 0 Å². The van der Waals surface area contributed by atoms with Crippen LogP contribution in [-0.4, -0.2) is 11.9 Å². The van der Waals surface area contributed by atoms with E-state index in [1.165, 1.54) is 12.3 Å². The molecule has 4 N–H and O–H groups in total. The predicted molar refractivity (Wildman–Crippen MR) is 39.3 cm³/mol. The molecule has 1 atom stereocenters. The third-order valence-corrected chi connectivity index (χ3v) is 0.803. The summed E-state index contributed by atoms with van der Waals surface area (Å²) < 4.78 is 0. The van der Waals surface area contributed by atoms with Gasteiger partial charge in [0.25, 0.3) is 0 Å². The minimum absolute atomic E-state index is 0.0300. The lowest BCUT2D eigenvalue weighted by Crippen LogP contribution is -2.18. The number of hydrogen-bond acceptors (Lipinski definition) is 3. The summed E-state index contributed by atoms with van der Waals surface area (Å²) in [6, 6.07) is 1.72. The van der Waals surface area contributed by atoms with Gasteiger partial charge in [0, 0.05) is 6.20 Å². The first-order chi connectivity index (χ1) is 4.66. The molecule has 0 spiro atoms. The van der Waals surface area contributed by atoms with Crippen LogP contribution in [0, 0.1) is 16.7 Å². The van der Waals surface area contributed by atoms with Gasteiger partial charge in [-0.3, -0.25) is 5.41 Å². The van der Waals surface area contributed by atoms with Crippen LogP contribution < -0.4 is 11.1 Å². The molecule has 0 saturated carbocycles. The molecule has 0 fully saturated rings. The van der Waals surface area contributed by atoms with Gasteiger partial charge in [-0.1, -0.05) is 0 Å². The van der Waals surface area contributed by atoms with Crippen molar-refractivity contribution < 1.29 is 0 Å². The molecule has 0 aromatic carbocycles. The Bertz CT molecular complexity index is 177. The Morgan fingerprint density at radius 1 is 1.90 bits per heavy atom. The standard InChI is InChI=1S/C6H10N4/c1-5(4-7)10-3-2-6(8)9/h2-3,5,10H,1H3,(H3,8,9)/b3-2-/t5-/m0/s1. The Kier molecular flexibility index (Phi) is 3.73. The second-order valence-electron chi connectivity index (χ2n) is 1.81. The Balaban J connectivity index is 3.56. The van der Waals surface area contributed by atoms with Crippen LogP contribution in [0.15, 0.2) is 12.3 Å². The van der Waals surface area contributed by atoms with Crippen LogP contribution in [0.5, 0.6) is 0 Å². The van der Waals surface area contributed by atoms with E-state index < -0.39 is 0 Å². The zero-order valence-electron chi connectivity index (χ0n) is 5.76. The summed E-state index contributed by atoms with van der Waals surface area (Å²) in [7, 11) is 0. The van der Waals surface area contributed by atoms with E-state index in [1.807, 2.05) is 6.07 Å². The normalized spacial score (nSPS) is 12.4. The summed E-state index contributed by atoms with van der Waals surface area (Å²) in [5.74, 6) is -0.0300. The van der Waals surface area contributed by atoms with Crippen molar-refractivity contribution in [1.29, 1.82) is 10.7 Å². The third-order valence-electron chi connectivity index (χ3n) is 0.803. The smallest absolute Gasteiger partial charge is 0.116 e. The monoisotopic (exact) mass is 138 g/mol. The summed E-state index contributed by atoms with van der Waals surface area (Å²) >= 11 is 0. The van der Waals surface area contributed by atoms with Gasteiger partial charge >= 0.3 is 0 Å². The first-order valence-corrected chi connectivity index (χ1v) is 2.83. The Hall–Kier alpha value is -1.50. The summed E-state index contributed by atoms with van der Waals surface area (Å²) in [5, 5.41) is 17.7. The molecule has 0 aliphatic rings. The Morgan fingerprint density at radius 2 is 2.50 bits per heavy atom. The van der Waals surface area contributed by atoms with E-state index in [0.717, 1.165) is 0 Å². The molecule has 4 nitrogen and oxygen atoms in total. The molecule has 10 heavy (non-hydrogen) atoms. The molecule has 0 heterocycles. The maximum atomic E-state index is 8.27. The molecule has 0 aliphatic carbocycles. The van der Waals surface area contributed by atoms with Crippen LogP contribution >= 0.6 is 0 Å². The average Bonchev–Trinajstić information content (AvgIpc) is 1.87. The van der Waals surface area contributed by atoms with E-state index in [4.69, 9.17) is 16.4 Å². The van der Waals surface area contributed by atoms with E-state index >= 15 is 0 Å². The largest absolute Gasteiger partial charge is 0.384 e. The van der Waals surface area contributed by atoms with Crippen molar-refractivity contribution in [2.24, 2.45) is 5.73 Å². The Morgan fingerprint density at radius 3 is 2.90 bits per heavy atom. The van der Waals surface area contributed by atoms with Gasteiger partial charge < -0.3 is 11.1 Å². The van der Waals surface area contributed by atoms with E-state index in [-0.39, 0.29) is 11.9 Å². The first-order valence-electron chi connectivity index (χ1n) is 2.83. The number of nitrogens with two attached hydrogens (primary N) is 1. The Labute approximate surface area is 59.8 Å². The highest BCUT2D eigenvalue weighted by atomic mass is 14.9. The van der Waals surface area contributed by atoms with Crippen molar-refractivity contribution in [2.45, 2.75) is 13.0 Å². The molecule has 0 saturated heterocycles. The van der Waals surface area contributed by atoms with Gasteiger partial charge in [-0.05, 0) is 13.0 Å². The molecule has 0 aliphatic heterocycles. The highest BCUT2D eigenvalue weighted by Gasteiger charge is 1.89. The predicted octanol–water partition coefficient (Wildman–Crippen LogP) is -0.0622. The fourth-order valence-corrected chi connectivity index (χ4v) is 0.319. The zero-order chi connectivity index (χ0) is 7.98. The van der Waals surface area contributed by atoms with E-state index in [2.05, 4.69) is 5.32 Å². The number of rotatable bonds is 3. The fourth-order valence-electron chi connectivity index (χ4n) is 0.319. The van der Waals surface area contributed by atoms with Gasteiger partial charge in [0.15, 0.2) is 0 Å². The summed E-state index contributed by atoms with van der Waals surface area (Å²) in [6.45, 7) is 1.71. The maximum absolute atomic E-state index is 8.27. The lowest BCUT2D eigenvalue weighted by molar-refractivity contribution is 0.783. The highest BCUT2D eigenvalue weighted by molar-refractivity contribution is 5.88. The lowest BCUT2D eigenvalue weighted by Gasteiger charge is -1.98. The number of amidine groups is 1. The second kappa shape index (κ2) is 4.39. The van der Waals surface area contributed by atoms with Crippen LogP contribution in [0.4, 0.5) is 0 Å². The number of hydrogen-bond donors (Lipinski definition) is 3. The van der Waals surface area contributed by atoms with Crippen molar-refractivity contribution >= 4 is 5.84 Å². The average molecular weight is 138 g/mol. The SMILES string of the molecule is C[C@@H](C#N)N/C=C\C(=N)N. The molecule has 0 radical (unpaired) electrons.